The number of ether oxygens (including phenoxy) is 2. The Hall–Kier alpha value is -3.46. The number of aromatic nitrogens is 1. The van der Waals surface area contributed by atoms with E-state index < -0.39 is 4.92 Å². The number of benzene rings is 2. The standard InChI is InChI=1S/C19H18N4O4S/c1-13-12-28-19(21-13)22-20-10-15-8-18(17(26-2)9-16(15)23(24)25)27-11-14-6-4-3-5-7-14/h3-10,12H,11H2,1-2H3,(H,21,22). The Bertz CT molecular complexity index is 989. The van der Waals surface area contributed by atoms with Crippen LogP contribution in [-0.2, 0) is 6.61 Å². The maximum atomic E-state index is 11.4. The Balaban J connectivity index is 1.85. The number of nitrogens with zero attached hydrogens (tertiary/aromatic N) is 3. The SMILES string of the molecule is COc1cc([N+](=O)[O-])c(C=NNc2nc(C)cs2)cc1OCc1ccccc1. The van der Waals surface area contributed by atoms with Crippen LogP contribution in [0.5, 0.6) is 11.5 Å². The van der Waals surface area contributed by atoms with Crippen LogP contribution >= 0.6 is 11.3 Å². The molecule has 1 N–H and O–H groups in total. The van der Waals surface area contributed by atoms with Crippen molar-refractivity contribution < 1.29 is 14.4 Å². The largest absolute Gasteiger partial charge is 0.493 e. The van der Waals surface area contributed by atoms with Gasteiger partial charge >= 0.3 is 0 Å². The molecule has 0 unspecified atom stereocenters. The molecular weight excluding hydrogens is 380 g/mol. The maximum Gasteiger partial charge on any atom is 0.282 e. The molecule has 3 rings (SSSR count). The number of rotatable bonds is 8. The fourth-order valence-electron chi connectivity index (χ4n) is 2.40. The summed E-state index contributed by atoms with van der Waals surface area (Å²) < 4.78 is 11.1. The van der Waals surface area contributed by atoms with Gasteiger partial charge in [-0.25, -0.2) is 4.98 Å². The number of nitro benzene ring substituents is 1. The fraction of sp³-hybridized carbons (Fsp3) is 0.158. The van der Waals surface area contributed by atoms with Crippen molar-refractivity contribution in [3.8, 4) is 11.5 Å². The molecule has 0 saturated carbocycles. The minimum Gasteiger partial charge on any atom is -0.493 e. The topological polar surface area (TPSA) is 98.9 Å². The number of thiazole rings is 1. The molecule has 1 heterocycles. The van der Waals surface area contributed by atoms with E-state index in [1.165, 1.54) is 36.8 Å². The van der Waals surface area contributed by atoms with E-state index in [1.54, 1.807) is 0 Å². The van der Waals surface area contributed by atoms with Crippen LogP contribution in [0.25, 0.3) is 0 Å². The Morgan fingerprint density at radius 2 is 2.07 bits per heavy atom. The zero-order valence-corrected chi connectivity index (χ0v) is 16.1. The van der Waals surface area contributed by atoms with Gasteiger partial charge in [0.05, 0.1) is 35.6 Å². The third kappa shape index (κ3) is 4.83. The summed E-state index contributed by atoms with van der Waals surface area (Å²) in [6, 6.07) is 12.5. The third-order valence-electron chi connectivity index (χ3n) is 3.73. The van der Waals surface area contributed by atoms with Crippen molar-refractivity contribution in [3.63, 3.8) is 0 Å². The van der Waals surface area contributed by atoms with Gasteiger partial charge in [-0.05, 0) is 18.6 Å². The van der Waals surface area contributed by atoms with Crippen LogP contribution in [0.4, 0.5) is 10.8 Å². The normalized spacial score (nSPS) is 10.8. The smallest absolute Gasteiger partial charge is 0.282 e. The lowest BCUT2D eigenvalue weighted by Gasteiger charge is -2.12. The summed E-state index contributed by atoms with van der Waals surface area (Å²) in [6.07, 6.45) is 1.36. The van der Waals surface area contributed by atoms with Crippen molar-refractivity contribution in [2.24, 2.45) is 5.10 Å². The van der Waals surface area contributed by atoms with Crippen LogP contribution in [0.1, 0.15) is 16.8 Å². The molecule has 0 amide bonds. The fourth-order valence-corrected chi connectivity index (χ4v) is 3.03. The highest BCUT2D eigenvalue weighted by Crippen LogP contribution is 2.34. The predicted octanol–water partition coefficient (Wildman–Crippen LogP) is 4.39. The first kappa shape index (κ1) is 19.3. The molecule has 0 aliphatic carbocycles. The van der Waals surface area contributed by atoms with E-state index in [0.29, 0.717) is 17.5 Å². The van der Waals surface area contributed by atoms with Gasteiger partial charge in [0, 0.05) is 5.38 Å². The molecule has 0 radical (unpaired) electrons. The monoisotopic (exact) mass is 398 g/mol. The average molecular weight is 398 g/mol. The molecule has 0 atom stereocenters. The number of nitro groups is 1. The van der Waals surface area contributed by atoms with E-state index in [9.17, 15) is 10.1 Å². The van der Waals surface area contributed by atoms with E-state index in [0.717, 1.165) is 11.3 Å². The van der Waals surface area contributed by atoms with E-state index >= 15 is 0 Å². The second-order valence-electron chi connectivity index (χ2n) is 5.76. The summed E-state index contributed by atoms with van der Waals surface area (Å²) in [7, 11) is 1.44. The Morgan fingerprint density at radius 1 is 1.29 bits per heavy atom. The number of nitrogens with one attached hydrogen (secondary N) is 1. The second-order valence-corrected chi connectivity index (χ2v) is 6.62. The van der Waals surface area contributed by atoms with E-state index in [4.69, 9.17) is 9.47 Å². The number of anilines is 1. The second kappa shape index (κ2) is 8.96. The number of hydrogen-bond donors (Lipinski definition) is 1. The number of aryl methyl sites for hydroxylation is 1. The molecule has 0 spiro atoms. The summed E-state index contributed by atoms with van der Waals surface area (Å²) in [5.74, 6) is 0.673. The Kier molecular flexibility index (Phi) is 6.18. The van der Waals surface area contributed by atoms with Crippen LogP contribution in [-0.4, -0.2) is 23.2 Å². The van der Waals surface area contributed by atoms with Crippen molar-refractivity contribution >= 4 is 28.4 Å². The average Bonchev–Trinajstić information content (AvgIpc) is 3.12. The first-order valence-electron chi connectivity index (χ1n) is 8.31. The molecule has 1 aromatic heterocycles. The van der Waals surface area contributed by atoms with Gasteiger partial charge in [0.15, 0.2) is 11.5 Å². The number of methoxy groups -OCH3 is 1. The maximum absolute atomic E-state index is 11.4. The van der Waals surface area contributed by atoms with Gasteiger partial charge in [0.1, 0.15) is 6.61 Å². The van der Waals surface area contributed by atoms with Gasteiger partial charge in [-0.2, -0.15) is 5.10 Å². The van der Waals surface area contributed by atoms with Crippen LogP contribution in [0.3, 0.4) is 0 Å². The molecule has 0 aliphatic heterocycles. The van der Waals surface area contributed by atoms with Crippen molar-refractivity contribution in [3.05, 3.63) is 74.8 Å². The number of hydrogen-bond acceptors (Lipinski definition) is 8. The summed E-state index contributed by atoms with van der Waals surface area (Å²) in [5, 5.41) is 18.0. The molecule has 0 aliphatic rings. The molecule has 2 aromatic carbocycles. The molecule has 0 bridgehead atoms. The summed E-state index contributed by atoms with van der Waals surface area (Å²) in [5.41, 5.74) is 4.76. The number of hydrazone groups is 1. The summed E-state index contributed by atoms with van der Waals surface area (Å²) >= 11 is 1.40. The Labute approximate surface area is 165 Å². The van der Waals surface area contributed by atoms with Crippen LogP contribution in [0.15, 0.2) is 52.9 Å². The lowest BCUT2D eigenvalue weighted by molar-refractivity contribution is -0.385. The first-order valence-corrected chi connectivity index (χ1v) is 9.19. The molecule has 3 aromatic rings. The molecule has 0 saturated heterocycles. The molecular formula is C19H18N4O4S. The van der Waals surface area contributed by atoms with Crippen molar-refractivity contribution in [2.75, 3.05) is 12.5 Å². The van der Waals surface area contributed by atoms with Gasteiger partial charge in [-0.3, -0.25) is 15.5 Å². The van der Waals surface area contributed by atoms with Crippen LogP contribution in [0, 0.1) is 17.0 Å². The summed E-state index contributed by atoms with van der Waals surface area (Å²) in [6.45, 7) is 2.18. The van der Waals surface area contributed by atoms with Crippen LogP contribution in [0.2, 0.25) is 0 Å². The molecule has 144 valence electrons. The van der Waals surface area contributed by atoms with Crippen molar-refractivity contribution in [1.82, 2.24) is 4.98 Å². The highest BCUT2D eigenvalue weighted by Gasteiger charge is 2.19. The highest BCUT2D eigenvalue weighted by atomic mass is 32.1. The third-order valence-corrected chi connectivity index (χ3v) is 4.59. The van der Waals surface area contributed by atoms with Gasteiger partial charge < -0.3 is 9.47 Å². The molecule has 9 heteroatoms. The van der Waals surface area contributed by atoms with Gasteiger partial charge in [0.25, 0.3) is 5.69 Å². The quantitative estimate of drug-likeness (QED) is 0.343. The lowest BCUT2D eigenvalue weighted by atomic mass is 10.1. The molecule has 28 heavy (non-hydrogen) atoms. The first-order chi connectivity index (χ1) is 13.6. The lowest BCUT2D eigenvalue weighted by Crippen LogP contribution is -2.02. The molecule has 8 nitrogen and oxygen atoms in total. The minimum atomic E-state index is -0.488. The zero-order chi connectivity index (χ0) is 19.9. The van der Waals surface area contributed by atoms with E-state index in [1.807, 2.05) is 42.6 Å². The van der Waals surface area contributed by atoms with Crippen LogP contribution < -0.4 is 14.9 Å². The van der Waals surface area contributed by atoms with Gasteiger partial charge in [-0.1, -0.05) is 30.3 Å². The van der Waals surface area contributed by atoms with E-state index in [2.05, 4.69) is 15.5 Å². The van der Waals surface area contributed by atoms with Gasteiger partial charge in [-0.15, -0.1) is 11.3 Å². The van der Waals surface area contributed by atoms with Gasteiger partial charge in [0.2, 0.25) is 5.13 Å². The highest BCUT2D eigenvalue weighted by molar-refractivity contribution is 7.13. The van der Waals surface area contributed by atoms with Crippen molar-refractivity contribution in [2.45, 2.75) is 13.5 Å². The predicted molar refractivity (Wildman–Crippen MR) is 108 cm³/mol. The summed E-state index contributed by atoms with van der Waals surface area (Å²) in [4.78, 5) is 15.2. The zero-order valence-electron chi connectivity index (χ0n) is 15.3. The van der Waals surface area contributed by atoms with E-state index in [-0.39, 0.29) is 17.0 Å². The molecule has 0 fully saturated rings. The minimum absolute atomic E-state index is 0.134. The van der Waals surface area contributed by atoms with Crippen molar-refractivity contribution in [1.29, 1.82) is 0 Å². The Morgan fingerprint density at radius 3 is 2.71 bits per heavy atom.